The molecule has 0 saturated carbocycles. The largest absolute Gasteiger partial charge is 0.507 e. The molecule has 0 spiro atoms. The lowest BCUT2D eigenvalue weighted by Gasteiger charge is -2.24. The van der Waals surface area contributed by atoms with Crippen molar-refractivity contribution >= 4 is 62.0 Å². The summed E-state index contributed by atoms with van der Waals surface area (Å²) in [6.45, 7) is 0. The van der Waals surface area contributed by atoms with Gasteiger partial charge in [-0.3, -0.25) is 14.5 Å². The molecular formula is C22H15BrClNO4S. The van der Waals surface area contributed by atoms with E-state index in [0.717, 1.165) is 9.35 Å². The minimum absolute atomic E-state index is 0.0111. The van der Waals surface area contributed by atoms with Crippen LogP contribution in [0, 0.1) is 0 Å². The van der Waals surface area contributed by atoms with Gasteiger partial charge < -0.3 is 9.84 Å². The molecule has 1 aromatic heterocycles. The number of carbonyl (C=O) groups is 2. The highest BCUT2D eigenvalue weighted by Crippen LogP contribution is 2.45. The summed E-state index contributed by atoms with van der Waals surface area (Å²) in [6, 6.07) is 14.7. The van der Waals surface area contributed by atoms with Gasteiger partial charge in [-0.2, -0.15) is 0 Å². The van der Waals surface area contributed by atoms with E-state index in [1.165, 1.54) is 29.4 Å². The topological polar surface area (TPSA) is 66.8 Å². The third kappa shape index (κ3) is 3.53. The summed E-state index contributed by atoms with van der Waals surface area (Å²) in [5.41, 5.74) is 0.781. The van der Waals surface area contributed by atoms with Gasteiger partial charge in [0.1, 0.15) is 17.6 Å². The van der Waals surface area contributed by atoms with E-state index in [9.17, 15) is 14.7 Å². The van der Waals surface area contributed by atoms with Crippen LogP contribution in [-0.2, 0) is 9.59 Å². The van der Waals surface area contributed by atoms with Gasteiger partial charge in [0.05, 0.1) is 18.2 Å². The number of methoxy groups -OCH3 is 1. The van der Waals surface area contributed by atoms with Crippen LogP contribution in [0.2, 0.25) is 5.02 Å². The zero-order valence-electron chi connectivity index (χ0n) is 15.6. The normalized spacial score (nSPS) is 18.1. The van der Waals surface area contributed by atoms with Crippen molar-refractivity contribution in [2.45, 2.75) is 6.04 Å². The van der Waals surface area contributed by atoms with E-state index in [0.29, 0.717) is 16.5 Å². The molecule has 1 unspecified atom stereocenters. The smallest absolute Gasteiger partial charge is 0.300 e. The molecule has 8 heteroatoms. The van der Waals surface area contributed by atoms with Crippen LogP contribution in [0.3, 0.4) is 0 Å². The summed E-state index contributed by atoms with van der Waals surface area (Å²) >= 11 is 10.9. The number of halogens is 2. The first-order valence-corrected chi connectivity index (χ1v) is 10.9. The lowest BCUT2D eigenvalue weighted by molar-refractivity contribution is -0.132. The third-order valence-corrected chi connectivity index (χ3v) is 6.41. The Morgan fingerprint density at radius 3 is 2.63 bits per heavy atom. The van der Waals surface area contributed by atoms with Gasteiger partial charge in [-0.15, -0.1) is 11.3 Å². The number of rotatable bonds is 4. The van der Waals surface area contributed by atoms with Crippen molar-refractivity contribution < 1.29 is 19.4 Å². The zero-order valence-corrected chi connectivity index (χ0v) is 18.8. The van der Waals surface area contributed by atoms with Crippen LogP contribution in [0.25, 0.3) is 5.76 Å². The van der Waals surface area contributed by atoms with Crippen LogP contribution in [0.4, 0.5) is 5.69 Å². The molecule has 0 radical (unpaired) electrons. The van der Waals surface area contributed by atoms with Crippen molar-refractivity contribution in [1.29, 1.82) is 0 Å². The minimum Gasteiger partial charge on any atom is -0.507 e. The minimum atomic E-state index is -0.775. The van der Waals surface area contributed by atoms with Gasteiger partial charge in [-0.1, -0.05) is 39.7 Å². The standard InChI is InChI=1S/C22H15BrClNO4S/c1-29-16-8-7-13(24)11-15(16)20(26)18-19(17-6-3-9-30-17)25(22(28)21(18)27)14-5-2-4-12(23)10-14/h2-11,19,26H,1H3/b20-18-. The van der Waals surface area contributed by atoms with Gasteiger partial charge in [0.2, 0.25) is 0 Å². The number of hydrogen-bond donors (Lipinski definition) is 1. The van der Waals surface area contributed by atoms with Gasteiger partial charge in [-0.05, 0) is 47.8 Å². The highest BCUT2D eigenvalue weighted by atomic mass is 79.9. The number of ether oxygens (including phenoxy) is 1. The molecule has 0 bridgehead atoms. The second-order valence-electron chi connectivity index (χ2n) is 6.51. The van der Waals surface area contributed by atoms with Gasteiger partial charge in [0.25, 0.3) is 11.7 Å². The Labute approximate surface area is 190 Å². The molecule has 3 aromatic rings. The average molecular weight is 505 g/mol. The number of aliphatic hydroxyl groups excluding tert-OH is 1. The molecule has 152 valence electrons. The van der Waals surface area contributed by atoms with Gasteiger partial charge in [-0.25, -0.2) is 0 Å². The number of Topliss-reactive ketones (excluding diaryl/α,β-unsaturated/α-hetero) is 1. The molecule has 1 aliphatic rings. The molecule has 1 aliphatic heterocycles. The zero-order chi connectivity index (χ0) is 21.4. The Balaban J connectivity index is 1.97. The number of hydrogen-bond acceptors (Lipinski definition) is 5. The fraction of sp³-hybridized carbons (Fsp3) is 0.0909. The maximum Gasteiger partial charge on any atom is 0.300 e. The lowest BCUT2D eigenvalue weighted by atomic mass is 9.99. The average Bonchev–Trinajstić information content (AvgIpc) is 3.34. The summed E-state index contributed by atoms with van der Waals surface area (Å²) in [5.74, 6) is -1.47. The number of amides is 1. The molecule has 1 atom stereocenters. The van der Waals surface area contributed by atoms with Crippen molar-refractivity contribution in [2.24, 2.45) is 0 Å². The lowest BCUT2D eigenvalue weighted by Crippen LogP contribution is -2.29. The van der Waals surface area contributed by atoms with E-state index in [1.807, 2.05) is 23.6 Å². The molecular weight excluding hydrogens is 490 g/mol. The van der Waals surface area contributed by atoms with E-state index < -0.39 is 17.7 Å². The Kier molecular flexibility index (Phi) is 5.69. The molecule has 30 heavy (non-hydrogen) atoms. The monoisotopic (exact) mass is 503 g/mol. The first-order valence-electron chi connectivity index (χ1n) is 8.86. The Morgan fingerprint density at radius 1 is 1.17 bits per heavy atom. The Hall–Kier alpha value is -2.61. The van der Waals surface area contributed by atoms with Gasteiger partial charge >= 0.3 is 0 Å². The van der Waals surface area contributed by atoms with Crippen molar-refractivity contribution in [3.8, 4) is 5.75 Å². The van der Waals surface area contributed by atoms with Crippen LogP contribution in [0.5, 0.6) is 5.75 Å². The first kappa shape index (κ1) is 20.7. The number of ketones is 1. The Morgan fingerprint density at radius 2 is 1.97 bits per heavy atom. The van der Waals surface area contributed by atoms with E-state index in [1.54, 1.807) is 30.3 Å². The van der Waals surface area contributed by atoms with Crippen molar-refractivity contribution in [1.82, 2.24) is 0 Å². The molecule has 1 N–H and O–H groups in total. The molecule has 1 saturated heterocycles. The number of carbonyl (C=O) groups excluding carboxylic acids is 2. The maximum absolute atomic E-state index is 13.1. The van der Waals surface area contributed by atoms with Crippen molar-refractivity contribution in [2.75, 3.05) is 12.0 Å². The number of nitrogens with zero attached hydrogens (tertiary/aromatic N) is 1. The number of thiophene rings is 1. The predicted octanol–water partition coefficient (Wildman–Crippen LogP) is 5.80. The fourth-order valence-corrected chi connectivity index (χ4v) is 4.83. The quantitative estimate of drug-likeness (QED) is 0.277. The molecule has 2 heterocycles. The summed E-state index contributed by atoms with van der Waals surface area (Å²) in [7, 11) is 1.46. The van der Waals surface area contributed by atoms with Crippen LogP contribution in [-0.4, -0.2) is 23.9 Å². The molecule has 0 aliphatic carbocycles. The molecule has 2 aromatic carbocycles. The summed E-state index contributed by atoms with van der Waals surface area (Å²) in [4.78, 5) is 28.3. The summed E-state index contributed by atoms with van der Waals surface area (Å²) < 4.78 is 6.10. The van der Waals surface area contributed by atoms with Crippen molar-refractivity contribution in [3.63, 3.8) is 0 Å². The Bertz CT molecular complexity index is 1180. The predicted molar refractivity (Wildman–Crippen MR) is 121 cm³/mol. The number of anilines is 1. The van der Waals surface area contributed by atoms with Crippen molar-refractivity contribution in [3.05, 3.63) is 85.5 Å². The molecule has 1 fully saturated rings. The number of benzene rings is 2. The second-order valence-corrected chi connectivity index (χ2v) is 8.84. The third-order valence-electron chi connectivity index (χ3n) is 4.76. The summed E-state index contributed by atoms with van der Waals surface area (Å²) in [6.07, 6.45) is 0. The molecule has 1 amide bonds. The van der Waals surface area contributed by atoms with E-state index in [2.05, 4.69) is 15.9 Å². The first-order chi connectivity index (χ1) is 14.4. The van der Waals surface area contributed by atoms with Gasteiger partial charge in [0.15, 0.2) is 0 Å². The maximum atomic E-state index is 13.1. The molecule has 4 rings (SSSR count). The SMILES string of the molecule is COc1ccc(Cl)cc1/C(O)=C1/C(=O)C(=O)N(c2cccc(Br)c2)C1c1cccs1. The number of aliphatic hydroxyl groups is 1. The van der Waals surface area contributed by atoms with Crippen LogP contribution < -0.4 is 9.64 Å². The summed E-state index contributed by atoms with van der Waals surface area (Å²) in [5, 5.41) is 13.4. The van der Waals surface area contributed by atoms with Crippen LogP contribution in [0.1, 0.15) is 16.5 Å². The van der Waals surface area contributed by atoms with E-state index in [4.69, 9.17) is 16.3 Å². The fourth-order valence-electron chi connectivity index (χ4n) is 3.45. The molecule has 5 nitrogen and oxygen atoms in total. The second kappa shape index (κ2) is 8.26. The van der Waals surface area contributed by atoms with Crippen LogP contribution >= 0.6 is 38.9 Å². The van der Waals surface area contributed by atoms with E-state index in [-0.39, 0.29) is 16.9 Å². The highest BCUT2D eigenvalue weighted by Gasteiger charge is 2.47. The van der Waals surface area contributed by atoms with Crippen LogP contribution in [0.15, 0.2) is 70.0 Å². The van der Waals surface area contributed by atoms with E-state index >= 15 is 0 Å². The van der Waals surface area contributed by atoms with Gasteiger partial charge in [0, 0.05) is 20.1 Å². The highest BCUT2D eigenvalue weighted by molar-refractivity contribution is 9.10.